The second-order valence-electron chi connectivity index (χ2n) is 6.12. The third-order valence-electron chi connectivity index (χ3n) is 4.15. The van der Waals surface area contributed by atoms with Gasteiger partial charge in [0, 0.05) is 6.04 Å². The molecule has 1 heteroatoms. The summed E-state index contributed by atoms with van der Waals surface area (Å²) in [7, 11) is 0. The number of benzene rings is 1. The van der Waals surface area contributed by atoms with E-state index in [1.165, 1.54) is 30.4 Å². The van der Waals surface area contributed by atoms with Crippen LogP contribution in [-0.4, -0.2) is 0 Å². The van der Waals surface area contributed by atoms with Crippen molar-refractivity contribution in [2.75, 3.05) is 0 Å². The van der Waals surface area contributed by atoms with E-state index in [-0.39, 0.29) is 6.04 Å². The van der Waals surface area contributed by atoms with Gasteiger partial charge in [0.05, 0.1) is 0 Å². The lowest BCUT2D eigenvalue weighted by Crippen LogP contribution is -2.29. The summed E-state index contributed by atoms with van der Waals surface area (Å²) in [6.45, 7) is 6.87. The first kappa shape index (κ1) is 12.6. The molecule has 1 aromatic carbocycles. The summed E-state index contributed by atoms with van der Waals surface area (Å²) >= 11 is 0. The highest BCUT2D eigenvalue weighted by Gasteiger charge is 2.28. The predicted molar refractivity (Wildman–Crippen MR) is 73.8 cm³/mol. The number of rotatable bonds is 2. The fraction of sp³-hybridized carbons (Fsp3) is 0.625. The van der Waals surface area contributed by atoms with Gasteiger partial charge in [-0.25, -0.2) is 0 Å². The quantitative estimate of drug-likeness (QED) is 0.816. The molecule has 3 unspecified atom stereocenters. The lowest BCUT2D eigenvalue weighted by molar-refractivity contribution is 0.193. The zero-order valence-corrected chi connectivity index (χ0v) is 11.3. The van der Waals surface area contributed by atoms with E-state index < -0.39 is 0 Å². The van der Waals surface area contributed by atoms with E-state index in [1.54, 1.807) is 0 Å². The Balaban J connectivity index is 2.11. The Morgan fingerprint density at radius 2 is 1.76 bits per heavy atom. The molecule has 0 saturated heterocycles. The van der Waals surface area contributed by atoms with Gasteiger partial charge in [0.15, 0.2) is 0 Å². The van der Waals surface area contributed by atoms with Crippen molar-refractivity contribution in [2.24, 2.45) is 23.5 Å². The van der Waals surface area contributed by atoms with Gasteiger partial charge in [-0.2, -0.15) is 0 Å². The third kappa shape index (κ3) is 3.10. The first-order valence-electron chi connectivity index (χ1n) is 6.88. The summed E-state index contributed by atoms with van der Waals surface area (Å²) in [5.41, 5.74) is 9.09. The molecule has 17 heavy (non-hydrogen) atoms. The first-order chi connectivity index (χ1) is 8.06. The second kappa shape index (κ2) is 5.22. The van der Waals surface area contributed by atoms with Crippen LogP contribution >= 0.6 is 0 Å². The molecule has 0 radical (unpaired) electrons. The highest BCUT2D eigenvalue weighted by molar-refractivity contribution is 5.25. The van der Waals surface area contributed by atoms with Gasteiger partial charge in [-0.1, -0.05) is 43.7 Å². The summed E-state index contributed by atoms with van der Waals surface area (Å²) in [5.74, 6) is 2.33. The SMILES string of the molecule is Cc1cccc(C(N)C2CC(C)CC(C)C2)c1. The van der Waals surface area contributed by atoms with Crippen molar-refractivity contribution in [1.82, 2.24) is 0 Å². The molecular formula is C16H25N. The molecule has 0 spiro atoms. The molecule has 0 heterocycles. The summed E-state index contributed by atoms with van der Waals surface area (Å²) < 4.78 is 0. The van der Waals surface area contributed by atoms with Gasteiger partial charge in [-0.15, -0.1) is 0 Å². The molecule has 2 N–H and O–H groups in total. The zero-order valence-electron chi connectivity index (χ0n) is 11.3. The van der Waals surface area contributed by atoms with Crippen molar-refractivity contribution in [3.8, 4) is 0 Å². The van der Waals surface area contributed by atoms with Crippen molar-refractivity contribution in [2.45, 2.75) is 46.1 Å². The summed E-state index contributed by atoms with van der Waals surface area (Å²) in [4.78, 5) is 0. The van der Waals surface area contributed by atoms with Crippen LogP contribution in [0.5, 0.6) is 0 Å². The van der Waals surface area contributed by atoms with Crippen molar-refractivity contribution in [3.63, 3.8) is 0 Å². The lowest BCUT2D eigenvalue weighted by Gasteiger charge is -2.35. The fourth-order valence-electron chi connectivity index (χ4n) is 3.45. The van der Waals surface area contributed by atoms with Crippen LogP contribution in [0.1, 0.15) is 50.3 Å². The molecule has 3 atom stereocenters. The fourth-order valence-corrected chi connectivity index (χ4v) is 3.45. The van der Waals surface area contributed by atoms with E-state index >= 15 is 0 Å². The molecule has 1 fully saturated rings. The maximum Gasteiger partial charge on any atom is 0.0323 e. The van der Waals surface area contributed by atoms with E-state index in [4.69, 9.17) is 5.73 Å². The Labute approximate surface area is 105 Å². The maximum absolute atomic E-state index is 6.46. The molecule has 1 nitrogen and oxygen atoms in total. The van der Waals surface area contributed by atoms with Crippen LogP contribution in [0.25, 0.3) is 0 Å². The van der Waals surface area contributed by atoms with Crippen LogP contribution in [0.3, 0.4) is 0 Å². The van der Waals surface area contributed by atoms with Gasteiger partial charge in [0.2, 0.25) is 0 Å². The van der Waals surface area contributed by atoms with E-state index in [1.807, 2.05) is 0 Å². The Bertz CT molecular complexity index is 362. The van der Waals surface area contributed by atoms with Gasteiger partial charge in [0.1, 0.15) is 0 Å². The van der Waals surface area contributed by atoms with Crippen LogP contribution < -0.4 is 5.73 Å². The Kier molecular flexibility index (Phi) is 3.88. The van der Waals surface area contributed by atoms with Crippen LogP contribution in [-0.2, 0) is 0 Å². The van der Waals surface area contributed by atoms with E-state index in [0.29, 0.717) is 5.92 Å². The van der Waals surface area contributed by atoms with Gasteiger partial charge in [-0.05, 0) is 49.5 Å². The molecule has 2 rings (SSSR count). The van der Waals surface area contributed by atoms with Crippen molar-refractivity contribution >= 4 is 0 Å². The van der Waals surface area contributed by atoms with Crippen LogP contribution in [0.2, 0.25) is 0 Å². The van der Waals surface area contributed by atoms with E-state index in [0.717, 1.165) is 11.8 Å². The van der Waals surface area contributed by atoms with Crippen LogP contribution in [0.4, 0.5) is 0 Å². The Morgan fingerprint density at radius 3 is 2.35 bits per heavy atom. The number of hydrogen-bond donors (Lipinski definition) is 1. The molecule has 1 aliphatic carbocycles. The summed E-state index contributed by atoms with van der Waals surface area (Å²) in [6.07, 6.45) is 3.95. The first-order valence-corrected chi connectivity index (χ1v) is 6.88. The van der Waals surface area contributed by atoms with E-state index in [9.17, 15) is 0 Å². The molecule has 1 aromatic rings. The molecule has 0 aromatic heterocycles. The zero-order chi connectivity index (χ0) is 12.4. The molecule has 0 amide bonds. The van der Waals surface area contributed by atoms with Crippen molar-refractivity contribution < 1.29 is 0 Å². The Morgan fingerprint density at radius 1 is 1.12 bits per heavy atom. The normalized spacial score (nSPS) is 31.2. The van der Waals surface area contributed by atoms with Gasteiger partial charge < -0.3 is 5.73 Å². The minimum absolute atomic E-state index is 0.222. The monoisotopic (exact) mass is 231 g/mol. The van der Waals surface area contributed by atoms with Crippen molar-refractivity contribution in [3.05, 3.63) is 35.4 Å². The van der Waals surface area contributed by atoms with Gasteiger partial charge in [0.25, 0.3) is 0 Å². The Hall–Kier alpha value is -0.820. The maximum atomic E-state index is 6.46. The largest absolute Gasteiger partial charge is 0.324 e. The third-order valence-corrected chi connectivity index (χ3v) is 4.15. The standard InChI is InChI=1S/C16H25N/c1-11-5-4-6-14(8-11)16(17)15-9-12(2)7-13(3)10-15/h4-6,8,12-13,15-16H,7,9-10,17H2,1-3H3. The average Bonchev–Trinajstić information content (AvgIpc) is 2.26. The second-order valence-corrected chi connectivity index (χ2v) is 6.12. The summed E-state index contributed by atoms with van der Waals surface area (Å²) in [5, 5.41) is 0. The number of aryl methyl sites for hydroxylation is 1. The molecular weight excluding hydrogens is 206 g/mol. The van der Waals surface area contributed by atoms with Crippen LogP contribution in [0.15, 0.2) is 24.3 Å². The minimum atomic E-state index is 0.222. The van der Waals surface area contributed by atoms with Gasteiger partial charge >= 0.3 is 0 Å². The van der Waals surface area contributed by atoms with Crippen molar-refractivity contribution in [1.29, 1.82) is 0 Å². The number of hydrogen-bond acceptors (Lipinski definition) is 1. The minimum Gasteiger partial charge on any atom is -0.324 e. The topological polar surface area (TPSA) is 26.0 Å². The smallest absolute Gasteiger partial charge is 0.0323 e. The average molecular weight is 231 g/mol. The highest BCUT2D eigenvalue weighted by atomic mass is 14.7. The molecule has 0 aliphatic heterocycles. The molecule has 1 aliphatic rings. The molecule has 0 bridgehead atoms. The predicted octanol–water partition coefficient (Wildman–Crippen LogP) is 4.07. The molecule has 94 valence electrons. The van der Waals surface area contributed by atoms with Gasteiger partial charge in [-0.3, -0.25) is 0 Å². The van der Waals surface area contributed by atoms with Crippen LogP contribution in [0, 0.1) is 24.7 Å². The summed E-state index contributed by atoms with van der Waals surface area (Å²) in [6, 6.07) is 8.92. The highest BCUT2D eigenvalue weighted by Crippen LogP contribution is 2.38. The lowest BCUT2D eigenvalue weighted by atomic mass is 9.72. The molecule has 1 saturated carbocycles. The number of nitrogens with two attached hydrogens (primary N) is 1. The van der Waals surface area contributed by atoms with E-state index in [2.05, 4.69) is 45.0 Å².